The van der Waals surface area contributed by atoms with E-state index in [2.05, 4.69) is 10.6 Å². The van der Waals surface area contributed by atoms with Gasteiger partial charge in [-0.05, 0) is 31.7 Å². The topological polar surface area (TPSA) is 93.7 Å². The summed E-state index contributed by atoms with van der Waals surface area (Å²) in [6, 6.07) is 6.15. The van der Waals surface area contributed by atoms with Crippen LogP contribution in [0.2, 0.25) is 0 Å². The molecule has 0 aliphatic carbocycles. The zero-order chi connectivity index (χ0) is 19.1. The van der Waals surface area contributed by atoms with Crippen molar-refractivity contribution >= 4 is 29.7 Å². The molecule has 0 saturated heterocycles. The van der Waals surface area contributed by atoms with Crippen molar-refractivity contribution < 1.29 is 23.9 Å². The molecular weight excluding hydrogens is 356 g/mol. The van der Waals surface area contributed by atoms with E-state index in [1.165, 1.54) is 11.8 Å². The van der Waals surface area contributed by atoms with E-state index in [0.717, 1.165) is 4.90 Å². The first-order valence-corrected chi connectivity index (χ1v) is 9.52. The maximum atomic E-state index is 12.4. The fourth-order valence-corrected chi connectivity index (χ4v) is 3.19. The highest BCUT2D eigenvalue weighted by Crippen LogP contribution is 2.22. The van der Waals surface area contributed by atoms with Crippen LogP contribution in [0.5, 0.6) is 0 Å². The van der Waals surface area contributed by atoms with E-state index in [-0.39, 0.29) is 24.5 Å². The fourth-order valence-electron chi connectivity index (χ4n) is 2.60. The van der Waals surface area contributed by atoms with Crippen LogP contribution in [0.4, 0.5) is 4.79 Å². The summed E-state index contributed by atoms with van der Waals surface area (Å²) in [5.74, 6) is -1.06. The molecule has 7 nitrogen and oxygen atoms in total. The molecule has 1 aliphatic heterocycles. The van der Waals surface area contributed by atoms with Crippen LogP contribution in [-0.2, 0) is 14.3 Å². The first-order valence-electron chi connectivity index (χ1n) is 8.29. The van der Waals surface area contributed by atoms with Crippen LogP contribution in [0.1, 0.15) is 30.6 Å². The predicted octanol–water partition coefficient (Wildman–Crippen LogP) is 2.47. The molecule has 8 heteroatoms. The van der Waals surface area contributed by atoms with Crippen LogP contribution >= 0.6 is 11.8 Å². The number of hydrogen-bond donors (Lipinski definition) is 2. The molecule has 140 valence electrons. The number of benzene rings is 1. The van der Waals surface area contributed by atoms with Crippen molar-refractivity contribution in [1.29, 1.82) is 0 Å². The summed E-state index contributed by atoms with van der Waals surface area (Å²) in [5.41, 5.74) is 0.958. The Morgan fingerprint density at radius 1 is 1.15 bits per heavy atom. The summed E-state index contributed by atoms with van der Waals surface area (Å²) >= 11 is 1.43. The third-order valence-corrected chi connectivity index (χ3v) is 4.62. The minimum atomic E-state index is -0.539. The lowest BCUT2D eigenvalue weighted by atomic mass is 10.0. The number of urea groups is 1. The summed E-state index contributed by atoms with van der Waals surface area (Å²) in [6.45, 7) is 3.53. The number of ether oxygens (including phenoxy) is 2. The van der Waals surface area contributed by atoms with E-state index >= 15 is 0 Å². The summed E-state index contributed by atoms with van der Waals surface area (Å²) in [7, 11) is 0. The summed E-state index contributed by atoms with van der Waals surface area (Å²) < 4.78 is 10.4. The monoisotopic (exact) mass is 378 g/mol. The van der Waals surface area contributed by atoms with Crippen LogP contribution < -0.4 is 10.6 Å². The molecule has 1 aliphatic rings. The molecule has 1 atom stereocenters. The van der Waals surface area contributed by atoms with Gasteiger partial charge in [0, 0.05) is 4.90 Å². The van der Waals surface area contributed by atoms with E-state index in [1.807, 2.05) is 25.3 Å². The van der Waals surface area contributed by atoms with Gasteiger partial charge in [-0.1, -0.05) is 19.1 Å². The SMILES string of the molecule is CCOC(=O)C1=C(COC(=O)c2ccccc2SC)NC(=O)N[C@H]1CC. The molecule has 0 radical (unpaired) electrons. The summed E-state index contributed by atoms with van der Waals surface area (Å²) in [6.07, 6.45) is 2.38. The Labute approximate surface area is 156 Å². The molecule has 0 saturated carbocycles. The molecule has 0 spiro atoms. The molecule has 26 heavy (non-hydrogen) atoms. The molecular formula is C18H22N2O5S. The molecule has 2 N–H and O–H groups in total. The Kier molecular flexibility index (Phi) is 7.08. The van der Waals surface area contributed by atoms with Crippen molar-refractivity contribution in [3.05, 3.63) is 41.1 Å². The zero-order valence-electron chi connectivity index (χ0n) is 15.0. The Hall–Kier alpha value is -2.48. The molecule has 1 heterocycles. The normalized spacial score (nSPS) is 16.6. The van der Waals surface area contributed by atoms with Crippen LogP contribution in [0.15, 0.2) is 40.4 Å². The average molecular weight is 378 g/mol. The highest BCUT2D eigenvalue weighted by molar-refractivity contribution is 7.98. The van der Waals surface area contributed by atoms with Crippen molar-refractivity contribution in [2.45, 2.75) is 31.2 Å². The third kappa shape index (κ3) is 4.57. The van der Waals surface area contributed by atoms with Gasteiger partial charge in [-0.25, -0.2) is 14.4 Å². The number of thioether (sulfide) groups is 1. The lowest BCUT2D eigenvalue weighted by molar-refractivity contribution is -0.139. The molecule has 0 aromatic heterocycles. The maximum absolute atomic E-state index is 12.4. The van der Waals surface area contributed by atoms with Crippen LogP contribution in [0, 0.1) is 0 Å². The van der Waals surface area contributed by atoms with Crippen molar-refractivity contribution in [3.8, 4) is 0 Å². The second-order valence-corrected chi connectivity index (χ2v) is 6.30. The summed E-state index contributed by atoms with van der Waals surface area (Å²) in [5, 5.41) is 5.22. The van der Waals surface area contributed by atoms with Crippen molar-refractivity contribution in [1.82, 2.24) is 10.6 Å². The van der Waals surface area contributed by atoms with Crippen LogP contribution in [0.25, 0.3) is 0 Å². The lowest BCUT2D eigenvalue weighted by Crippen LogP contribution is -2.51. The highest BCUT2D eigenvalue weighted by atomic mass is 32.2. The Balaban J connectivity index is 2.23. The number of amides is 2. The van der Waals surface area contributed by atoms with E-state index in [0.29, 0.717) is 12.0 Å². The van der Waals surface area contributed by atoms with E-state index in [9.17, 15) is 14.4 Å². The molecule has 0 unspecified atom stereocenters. The van der Waals surface area contributed by atoms with Gasteiger partial charge in [-0.3, -0.25) is 0 Å². The lowest BCUT2D eigenvalue weighted by Gasteiger charge is -2.28. The quantitative estimate of drug-likeness (QED) is 0.559. The van der Waals surface area contributed by atoms with Crippen LogP contribution in [-0.4, -0.2) is 43.5 Å². The molecule has 2 amide bonds. The number of rotatable bonds is 7. The minimum Gasteiger partial charge on any atom is -0.463 e. The maximum Gasteiger partial charge on any atom is 0.339 e. The number of esters is 2. The second kappa shape index (κ2) is 9.28. The van der Waals surface area contributed by atoms with Gasteiger partial charge in [-0.15, -0.1) is 11.8 Å². The predicted molar refractivity (Wildman–Crippen MR) is 97.9 cm³/mol. The minimum absolute atomic E-state index is 0.209. The Bertz CT molecular complexity index is 732. The van der Waals surface area contributed by atoms with Gasteiger partial charge >= 0.3 is 18.0 Å². The number of carbonyl (C=O) groups excluding carboxylic acids is 3. The third-order valence-electron chi connectivity index (χ3n) is 3.82. The largest absolute Gasteiger partial charge is 0.463 e. The molecule has 0 bridgehead atoms. The van der Waals surface area contributed by atoms with Gasteiger partial charge in [0.1, 0.15) is 6.61 Å². The van der Waals surface area contributed by atoms with Gasteiger partial charge in [-0.2, -0.15) is 0 Å². The van der Waals surface area contributed by atoms with Gasteiger partial charge in [0.05, 0.1) is 29.5 Å². The van der Waals surface area contributed by atoms with Gasteiger partial charge in [0.2, 0.25) is 0 Å². The zero-order valence-corrected chi connectivity index (χ0v) is 15.8. The highest BCUT2D eigenvalue weighted by Gasteiger charge is 2.32. The number of nitrogens with one attached hydrogen (secondary N) is 2. The fraction of sp³-hybridized carbons (Fsp3) is 0.389. The second-order valence-electron chi connectivity index (χ2n) is 5.45. The van der Waals surface area contributed by atoms with Gasteiger partial charge in [0.25, 0.3) is 0 Å². The Morgan fingerprint density at radius 2 is 1.88 bits per heavy atom. The Morgan fingerprint density at radius 3 is 2.54 bits per heavy atom. The molecule has 2 rings (SSSR count). The van der Waals surface area contributed by atoms with E-state index in [4.69, 9.17) is 9.47 Å². The van der Waals surface area contributed by atoms with Crippen LogP contribution in [0.3, 0.4) is 0 Å². The van der Waals surface area contributed by atoms with Crippen molar-refractivity contribution in [2.75, 3.05) is 19.5 Å². The molecule has 0 fully saturated rings. The first kappa shape index (κ1) is 19.8. The number of hydrogen-bond acceptors (Lipinski definition) is 6. The average Bonchev–Trinajstić information content (AvgIpc) is 2.65. The smallest absolute Gasteiger partial charge is 0.339 e. The van der Waals surface area contributed by atoms with Crippen molar-refractivity contribution in [3.63, 3.8) is 0 Å². The van der Waals surface area contributed by atoms with E-state index in [1.54, 1.807) is 19.1 Å². The number of carbonyl (C=O) groups is 3. The molecule has 1 aromatic carbocycles. The van der Waals surface area contributed by atoms with Gasteiger partial charge in [0.15, 0.2) is 0 Å². The van der Waals surface area contributed by atoms with Crippen molar-refractivity contribution in [2.24, 2.45) is 0 Å². The van der Waals surface area contributed by atoms with E-state index < -0.39 is 24.0 Å². The summed E-state index contributed by atoms with van der Waals surface area (Å²) in [4.78, 5) is 37.3. The first-order chi connectivity index (χ1) is 12.5. The standard InChI is InChI=1S/C18H22N2O5S/c1-4-12-15(17(22)24-5-2)13(20-18(23)19-12)10-25-16(21)11-8-6-7-9-14(11)26-3/h6-9,12H,4-5,10H2,1-3H3,(H2,19,20,23)/t12-/m0/s1. The van der Waals surface area contributed by atoms with Gasteiger partial charge < -0.3 is 20.1 Å². The molecule has 1 aromatic rings.